The van der Waals surface area contributed by atoms with E-state index >= 15 is 0 Å². The third kappa shape index (κ3) is 5.57. The van der Waals surface area contributed by atoms with Crippen molar-refractivity contribution in [3.05, 3.63) is 52.5 Å². The summed E-state index contributed by atoms with van der Waals surface area (Å²) in [4.78, 5) is 4.09. The highest BCUT2D eigenvalue weighted by molar-refractivity contribution is 7.99. The highest BCUT2D eigenvalue weighted by Crippen LogP contribution is 2.28. The minimum absolute atomic E-state index is 0.621. The van der Waals surface area contributed by atoms with Crippen LogP contribution in [0.4, 0.5) is 0 Å². The van der Waals surface area contributed by atoms with E-state index in [1.54, 1.807) is 0 Å². The number of hydrogen-bond donors (Lipinski definition) is 0. The Bertz CT molecular complexity index is 543. The highest BCUT2D eigenvalue weighted by Gasteiger charge is 2.09. The fourth-order valence-electron chi connectivity index (χ4n) is 2.19. The van der Waals surface area contributed by atoms with Crippen molar-refractivity contribution in [3.63, 3.8) is 0 Å². The highest BCUT2D eigenvalue weighted by atomic mass is 35.5. The summed E-state index contributed by atoms with van der Waals surface area (Å²) >= 11 is 14.0. The lowest BCUT2D eigenvalue weighted by Crippen LogP contribution is -2.08. The van der Waals surface area contributed by atoms with Crippen molar-refractivity contribution < 1.29 is 0 Å². The quantitative estimate of drug-likeness (QED) is 0.613. The van der Waals surface area contributed by atoms with Crippen molar-refractivity contribution in [2.45, 2.75) is 43.7 Å². The molecule has 0 bridgehead atoms. The largest absolute Gasteiger partial charge is 0.337 e. The average molecular weight is 343 g/mol. The Labute approximate surface area is 140 Å². The van der Waals surface area contributed by atoms with E-state index in [1.807, 2.05) is 42.6 Å². The molecule has 0 spiro atoms. The van der Waals surface area contributed by atoms with Crippen molar-refractivity contribution in [3.8, 4) is 0 Å². The van der Waals surface area contributed by atoms with Gasteiger partial charge in [0.15, 0.2) is 0 Å². The van der Waals surface area contributed by atoms with Gasteiger partial charge in [-0.25, -0.2) is 4.98 Å². The number of hydrogen-bond acceptors (Lipinski definition) is 2. The molecule has 0 aliphatic heterocycles. The van der Waals surface area contributed by atoms with Gasteiger partial charge in [-0.3, -0.25) is 0 Å². The lowest BCUT2D eigenvalue weighted by molar-refractivity contribution is 0.594. The molecule has 1 atom stereocenters. The lowest BCUT2D eigenvalue weighted by Gasteiger charge is -2.16. The molecule has 114 valence electrons. The van der Waals surface area contributed by atoms with Gasteiger partial charge in [-0.2, -0.15) is 11.8 Å². The third-order valence-electron chi connectivity index (χ3n) is 3.35. The van der Waals surface area contributed by atoms with E-state index in [0.717, 1.165) is 18.7 Å². The maximum atomic E-state index is 6.07. The molecular weight excluding hydrogens is 323 g/mol. The van der Waals surface area contributed by atoms with Gasteiger partial charge < -0.3 is 4.57 Å². The zero-order valence-electron chi connectivity index (χ0n) is 12.1. The van der Waals surface area contributed by atoms with Crippen molar-refractivity contribution in [2.24, 2.45) is 0 Å². The van der Waals surface area contributed by atoms with Crippen LogP contribution >= 0.6 is 35.0 Å². The molecule has 0 saturated heterocycles. The fraction of sp³-hybridized carbons (Fsp3) is 0.438. The SMILES string of the molecule is CCCC(CCn1ccnc1)SCc1ccc(Cl)c(Cl)c1. The Hall–Kier alpha value is -0.640. The number of nitrogens with zero attached hydrogens (tertiary/aromatic N) is 2. The van der Waals surface area contributed by atoms with Gasteiger partial charge in [-0.05, 0) is 30.5 Å². The van der Waals surface area contributed by atoms with Gasteiger partial charge in [0.05, 0.1) is 16.4 Å². The van der Waals surface area contributed by atoms with Crippen LogP contribution in [0.15, 0.2) is 36.9 Å². The van der Waals surface area contributed by atoms with Gasteiger partial charge in [0, 0.05) is 29.9 Å². The predicted molar refractivity (Wildman–Crippen MR) is 93.3 cm³/mol. The monoisotopic (exact) mass is 342 g/mol. The van der Waals surface area contributed by atoms with Crippen LogP contribution in [0.5, 0.6) is 0 Å². The van der Waals surface area contributed by atoms with E-state index in [9.17, 15) is 0 Å². The summed E-state index contributed by atoms with van der Waals surface area (Å²) in [5.41, 5.74) is 1.23. The van der Waals surface area contributed by atoms with Crippen molar-refractivity contribution >= 4 is 35.0 Å². The van der Waals surface area contributed by atoms with Crippen LogP contribution in [0.2, 0.25) is 10.0 Å². The van der Waals surface area contributed by atoms with Gasteiger partial charge in [0.2, 0.25) is 0 Å². The average Bonchev–Trinajstić information content (AvgIpc) is 2.99. The van der Waals surface area contributed by atoms with Gasteiger partial charge in [0.1, 0.15) is 0 Å². The number of imidazole rings is 1. The standard InChI is InChI=1S/C16H20Cl2N2S/c1-2-3-14(6-8-20-9-7-19-12-20)21-11-13-4-5-15(17)16(18)10-13/h4-5,7,9-10,12,14H,2-3,6,8,11H2,1H3. The summed E-state index contributed by atoms with van der Waals surface area (Å²) in [6.45, 7) is 3.27. The first-order valence-electron chi connectivity index (χ1n) is 7.20. The van der Waals surface area contributed by atoms with Crippen LogP contribution < -0.4 is 0 Å². The van der Waals surface area contributed by atoms with Crippen LogP contribution in [0, 0.1) is 0 Å². The molecule has 0 saturated carbocycles. The maximum Gasteiger partial charge on any atom is 0.0945 e. The van der Waals surface area contributed by atoms with E-state index in [1.165, 1.54) is 18.4 Å². The maximum absolute atomic E-state index is 6.07. The molecule has 1 aromatic carbocycles. The Balaban J connectivity index is 1.85. The van der Waals surface area contributed by atoms with Gasteiger partial charge in [-0.1, -0.05) is 42.6 Å². The van der Waals surface area contributed by atoms with E-state index in [0.29, 0.717) is 15.3 Å². The van der Waals surface area contributed by atoms with E-state index in [4.69, 9.17) is 23.2 Å². The molecule has 0 radical (unpaired) electrons. The first kappa shape index (κ1) is 16.7. The summed E-state index contributed by atoms with van der Waals surface area (Å²) < 4.78 is 2.14. The molecule has 0 aliphatic rings. The molecule has 0 fully saturated rings. The van der Waals surface area contributed by atoms with Gasteiger partial charge >= 0.3 is 0 Å². The number of benzene rings is 1. The summed E-state index contributed by atoms with van der Waals surface area (Å²) in [5.74, 6) is 0.978. The van der Waals surface area contributed by atoms with E-state index in [2.05, 4.69) is 22.5 Å². The molecule has 1 aromatic heterocycles. The zero-order valence-corrected chi connectivity index (χ0v) is 14.5. The van der Waals surface area contributed by atoms with Crippen molar-refractivity contribution in [2.75, 3.05) is 0 Å². The summed E-state index contributed by atoms with van der Waals surface area (Å²) in [6.07, 6.45) is 9.34. The molecule has 21 heavy (non-hydrogen) atoms. The summed E-state index contributed by atoms with van der Waals surface area (Å²) in [6, 6.07) is 5.90. The molecule has 1 heterocycles. The van der Waals surface area contributed by atoms with E-state index in [-0.39, 0.29) is 0 Å². The first-order valence-corrected chi connectivity index (χ1v) is 9.00. The number of aryl methyl sites for hydroxylation is 1. The molecule has 5 heteroatoms. The number of aromatic nitrogens is 2. The summed E-state index contributed by atoms with van der Waals surface area (Å²) in [7, 11) is 0. The summed E-state index contributed by atoms with van der Waals surface area (Å²) in [5, 5.41) is 1.92. The second kappa shape index (κ2) is 8.72. The molecule has 0 aliphatic carbocycles. The Morgan fingerprint density at radius 2 is 2.10 bits per heavy atom. The topological polar surface area (TPSA) is 17.8 Å². The van der Waals surface area contributed by atoms with Crippen molar-refractivity contribution in [1.29, 1.82) is 0 Å². The first-order chi connectivity index (χ1) is 10.2. The Morgan fingerprint density at radius 3 is 2.76 bits per heavy atom. The molecule has 1 unspecified atom stereocenters. The Morgan fingerprint density at radius 1 is 1.24 bits per heavy atom. The molecule has 0 amide bonds. The van der Waals surface area contributed by atoms with Crippen LogP contribution in [-0.4, -0.2) is 14.8 Å². The number of thioether (sulfide) groups is 1. The molecule has 2 nitrogen and oxygen atoms in total. The van der Waals surface area contributed by atoms with Gasteiger partial charge in [0.25, 0.3) is 0 Å². The minimum Gasteiger partial charge on any atom is -0.337 e. The smallest absolute Gasteiger partial charge is 0.0945 e. The van der Waals surface area contributed by atoms with Gasteiger partial charge in [-0.15, -0.1) is 0 Å². The second-order valence-electron chi connectivity index (χ2n) is 5.06. The Kier molecular flexibility index (Phi) is 6.94. The minimum atomic E-state index is 0.621. The lowest BCUT2D eigenvalue weighted by atomic mass is 10.2. The van der Waals surface area contributed by atoms with Crippen LogP contribution in [0.25, 0.3) is 0 Å². The number of rotatable bonds is 8. The molecular formula is C16H20Cl2N2S. The third-order valence-corrected chi connectivity index (χ3v) is 5.53. The zero-order chi connectivity index (χ0) is 15.1. The van der Waals surface area contributed by atoms with E-state index < -0.39 is 0 Å². The van der Waals surface area contributed by atoms with Crippen molar-refractivity contribution in [1.82, 2.24) is 9.55 Å². The second-order valence-corrected chi connectivity index (χ2v) is 7.16. The molecule has 2 aromatic rings. The van der Waals surface area contributed by atoms with Crippen LogP contribution in [0.3, 0.4) is 0 Å². The molecule has 2 rings (SSSR count). The van der Waals surface area contributed by atoms with Crippen LogP contribution in [-0.2, 0) is 12.3 Å². The fourth-order valence-corrected chi connectivity index (χ4v) is 3.79. The molecule has 0 N–H and O–H groups in total. The van der Waals surface area contributed by atoms with Crippen LogP contribution in [0.1, 0.15) is 31.7 Å². The normalized spacial score (nSPS) is 12.5. The number of halogens is 2. The predicted octanol–water partition coefficient (Wildman–Crippen LogP) is 5.68.